The summed E-state index contributed by atoms with van der Waals surface area (Å²) in [5.41, 5.74) is 1.27. The van der Waals surface area contributed by atoms with Crippen LogP contribution in [0.25, 0.3) is 10.1 Å². The summed E-state index contributed by atoms with van der Waals surface area (Å²) < 4.78 is 1.39. The van der Waals surface area contributed by atoms with Gasteiger partial charge in [0.2, 0.25) is 0 Å². The summed E-state index contributed by atoms with van der Waals surface area (Å²) in [6, 6.07) is 8.99. The second-order valence-electron chi connectivity index (χ2n) is 4.42. The molecule has 0 unspecified atom stereocenters. The van der Waals surface area contributed by atoms with E-state index in [0.717, 1.165) is 0 Å². The fourth-order valence-electron chi connectivity index (χ4n) is 1.61. The highest BCUT2D eigenvalue weighted by Crippen LogP contribution is 2.32. The third-order valence-corrected chi connectivity index (χ3v) is 4.02. The minimum Gasteiger partial charge on any atom is -0.378 e. The number of hydrogen-bond acceptors (Lipinski definition) is 2. The first-order valence-electron chi connectivity index (χ1n) is 5.29. The number of benzene rings is 1. The average Bonchev–Trinajstić information content (AvgIpc) is 2.59. The Bertz CT molecular complexity index is 462. The first kappa shape index (κ1) is 10.5. The quantitative estimate of drug-likeness (QED) is 0.735. The van der Waals surface area contributed by atoms with E-state index in [4.69, 9.17) is 0 Å². The van der Waals surface area contributed by atoms with Gasteiger partial charge in [-0.1, -0.05) is 13.8 Å². The minimum absolute atomic E-state index is 0.630. The van der Waals surface area contributed by atoms with Gasteiger partial charge < -0.3 is 4.90 Å². The standard InChI is InChI=1S/C13H17NS/c1-9(2)13-8-10-7-11(14(3)4)5-6-12(10)15-13/h5-9H,1-4H3. The predicted molar refractivity (Wildman–Crippen MR) is 70.2 cm³/mol. The SMILES string of the molecule is CC(C)c1cc2cc(N(C)C)ccc2s1. The molecule has 15 heavy (non-hydrogen) atoms. The third-order valence-electron chi connectivity index (χ3n) is 2.60. The molecule has 1 heterocycles. The van der Waals surface area contributed by atoms with E-state index in [1.54, 1.807) is 0 Å². The predicted octanol–water partition coefficient (Wildman–Crippen LogP) is 4.09. The molecule has 80 valence electrons. The number of rotatable bonds is 2. The third kappa shape index (κ3) is 2.00. The summed E-state index contributed by atoms with van der Waals surface area (Å²) in [4.78, 5) is 3.62. The molecule has 0 aliphatic rings. The number of thiophene rings is 1. The summed E-state index contributed by atoms with van der Waals surface area (Å²) in [6.07, 6.45) is 0. The lowest BCUT2D eigenvalue weighted by molar-refractivity contribution is 0.890. The molecule has 1 aromatic carbocycles. The summed E-state index contributed by atoms with van der Waals surface area (Å²) in [5.74, 6) is 0.630. The van der Waals surface area contributed by atoms with E-state index in [-0.39, 0.29) is 0 Å². The molecule has 0 aliphatic carbocycles. The van der Waals surface area contributed by atoms with Crippen LogP contribution in [0.2, 0.25) is 0 Å². The van der Waals surface area contributed by atoms with Crippen LogP contribution < -0.4 is 4.90 Å². The van der Waals surface area contributed by atoms with Crippen molar-refractivity contribution < 1.29 is 0 Å². The summed E-state index contributed by atoms with van der Waals surface area (Å²) in [6.45, 7) is 4.50. The van der Waals surface area contributed by atoms with Crippen LogP contribution in [0.3, 0.4) is 0 Å². The summed E-state index contributed by atoms with van der Waals surface area (Å²) in [7, 11) is 4.16. The van der Waals surface area contributed by atoms with Crippen LogP contribution in [0.1, 0.15) is 24.6 Å². The maximum Gasteiger partial charge on any atom is 0.0368 e. The molecular weight excluding hydrogens is 202 g/mol. The Morgan fingerprint density at radius 2 is 1.87 bits per heavy atom. The maximum absolute atomic E-state index is 2.32. The highest BCUT2D eigenvalue weighted by atomic mass is 32.1. The van der Waals surface area contributed by atoms with Gasteiger partial charge in [-0.3, -0.25) is 0 Å². The first-order chi connectivity index (χ1) is 7.08. The van der Waals surface area contributed by atoms with Crippen molar-refractivity contribution in [3.8, 4) is 0 Å². The molecule has 0 N–H and O–H groups in total. The van der Waals surface area contributed by atoms with Crippen LogP contribution in [-0.4, -0.2) is 14.1 Å². The van der Waals surface area contributed by atoms with Crippen molar-refractivity contribution in [2.24, 2.45) is 0 Å². The van der Waals surface area contributed by atoms with E-state index in [0.29, 0.717) is 5.92 Å². The molecule has 0 saturated heterocycles. The van der Waals surface area contributed by atoms with Crippen LogP contribution in [0, 0.1) is 0 Å². The monoisotopic (exact) mass is 219 g/mol. The van der Waals surface area contributed by atoms with Gasteiger partial charge in [-0.15, -0.1) is 11.3 Å². The molecule has 2 rings (SSSR count). The topological polar surface area (TPSA) is 3.24 Å². The van der Waals surface area contributed by atoms with Crippen molar-refractivity contribution >= 4 is 27.1 Å². The summed E-state index contributed by atoms with van der Waals surface area (Å²) in [5, 5.41) is 1.37. The van der Waals surface area contributed by atoms with Crippen molar-refractivity contribution in [3.63, 3.8) is 0 Å². The molecule has 0 aliphatic heterocycles. The van der Waals surface area contributed by atoms with Gasteiger partial charge in [-0.2, -0.15) is 0 Å². The lowest BCUT2D eigenvalue weighted by Gasteiger charge is -2.11. The van der Waals surface area contributed by atoms with Gasteiger partial charge in [-0.05, 0) is 35.6 Å². The Morgan fingerprint density at radius 3 is 2.47 bits per heavy atom. The highest BCUT2D eigenvalue weighted by molar-refractivity contribution is 7.19. The molecule has 0 atom stereocenters. The Labute approximate surface area is 95.3 Å². The number of hydrogen-bond donors (Lipinski definition) is 0. The van der Waals surface area contributed by atoms with Crippen LogP contribution in [0.4, 0.5) is 5.69 Å². The van der Waals surface area contributed by atoms with Crippen LogP contribution in [0.15, 0.2) is 24.3 Å². The zero-order valence-corrected chi connectivity index (χ0v) is 10.6. The van der Waals surface area contributed by atoms with E-state index in [2.05, 4.69) is 57.1 Å². The molecular formula is C13H17NS. The Hall–Kier alpha value is -1.02. The zero-order chi connectivity index (χ0) is 11.0. The van der Waals surface area contributed by atoms with Gasteiger partial charge in [-0.25, -0.2) is 0 Å². The second-order valence-corrected chi connectivity index (χ2v) is 5.54. The van der Waals surface area contributed by atoms with Gasteiger partial charge in [0.1, 0.15) is 0 Å². The van der Waals surface area contributed by atoms with Crippen molar-refractivity contribution in [3.05, 3.63) is 29.1 Å². The van der Waals surface area contributed by atoms with Gasteiger partial charge in [0, 0.05) is 29.4 Å². The molecule has 0 fully saturated rings. The Kier molecular flexibility index (Phi) is 2.70. The van der Waals surface area contributed by atoms with Gasteiger partial charge in [0.05, 0.1) is 0 Å². The molecule has 0 amide bonds. The lowest BCUT2D eigenvalue weighted by atomic mass is 10.1. The van der Waals surface area contributed by atoms with E-state index < -0.39 is 0 Å². The largest absolute Gasteiger partial charge is 0.378 e. The van der Waals surface area contributed by atoms with Gasteiger partial charge in [0.25, 0.3) is 0 Å². The highest BCUT2D eigenvalue weighted by Gasteiger charge is 2.06. The fourth-order valence-corrected chi connectivity index (χ4v) is 2.66. The Balaban J connectivity index is 2.52. The van der Waals surface area contributed by atoms with Crippen LogP contribution in [-0.2, 0) is 0 Å². The molecule has 2 aromatic rings. The van der Waals surface area contributed by atoms with E-state index >= 15 is 0 Å². The van der Waals surface area contributed by atoms with Gasteiger partial charge in [0.15, 0.2) is 0 Å². The maximum atomic E-state index is 2.32. The van der Waals surface area contributed by atoms with E-state index in [9.17, 15) is 0 Å². The number of anilines is 1. The first-order valence-corrected chi connectivity index (χ1v) is 6.10. The lowest BCUT2D eigenvalue weighted by Crippen LogP contribution is -2.07. The van der Waals surface area contributed by atoms with Crippen molar-refractivity contribution in [2.45, 2.75) is 19.8 Å². The molecule has 0 radical (unpaired) electrons. The normalized spacial score (nSPS) is 11.3. The molecule has 1 nitrogen and oxygen atoms in total. The smallest absolute Gasteiger partial charge is 0.0368 e. The van der Waals surface area contributed by atoms with Crippen LogP contribution in [0.5, 0.6) is 0 Å². The van der Waals surface area contributed by atoms with E-state index in [1.807, 2.05) is 11.3 Å². The molecule has 1 aromatic heterocycles. The summed E-state index contributed by atoms with van der Waals surface area (Å²) >= 11 is 1.91. The van der Waals surface area contributed by atoms with Crippen molar-refractivity contribution in [1.29, 1.82) is 0 Å². The van der Waals surface area contributed by atoms with Crippen LogP contribution >= 0.6 is 11.3 Å². The molecule has 0 saturated carbocycles. The number of nitrogens with zero attached hydrogens (tertiary/aromatic N) is 1. The Morgan fingerprint density at radius 1 is 1.13 bits per heavy atom. The molecule has 2 heteroatoms. The second kappa shape index (κ2) is 3.86. The molecule has 0 bridgehead atoms. The number of fused-ring (bicyclic) bond motifs is 1. The average molecular weight is 219 g/mol. The van der Waals surface area contributed by atoms with E-state index in [1.165, 1.54) is 20.7 Å². The minimum atomic E-state index is 0.630. The van der Waals surface area contributed by atoms with Crippen molar-refractivity contribution in [1.82, 2.24) is 0 Å². The molecule has 0 spiro atoms. The van der Waals surface area contributed by atoms with Gasteiger partial charge >= 0.3 is 0 Å². The fraction of sp³-hybridized carbons (Fsp3) is 0.385. The van der Waals surface area contributed by atoms with Crippen molar-refractivity contribution in [2.75, 3.05) is 19.0 Å². The zero-order valence-electron chi connectivity index (χ0n) is 9.74.